The van der Waals surface area contributed by atoms with Gasteiger partial charge in [0.25, 0.3) is 0 Å². The summed E-state index contributed by atoms with van der Waals surface area (Å²) in [7, 11) is 0. The van der Waals surface area contributed by atoms with Crippen molar-refractivity contribution in [3.05, 3.63) is 28.2 Å². The fraction of sp³-hybridized carbons (Fsp3) is 0.467. The van der Waals surface area contributed by atoms with E-state index >= 15 is 0 Å². The number of benzene rings is 1. The van der Waals surface area contributed by atoms with E-state index in [2.05, 4.69) is 27.3 Å². The summed E-state index contributed by atoms with van der Waals surface area (Å²) in [5.74, 6) is 0.202. The van der Waals surface area contributed by atoms with Crippen LogP contribution >= 0.6 is 15.9 Å². The number of nitriles is 1. The third kappa shape index (κ3) is 3.38. The molecule has 0 radical (unpaired) electrons. The van der Waals surface area contributed by atoms with Gasteiger partial charge in [0.1, 0.15) is 6.07 Å². The maximum Gasteiger partial charge on any atom is 0.227 e. The van der Waals surface area contributed by atoms with Crippen LogP contribution in [0.5, 0.6) is 0 Å². The van der Waals surface area contributed by atoms with Gasteiger partial charge in [-0.25, -0.2) is 0 Å². The van der Waals surface area contributed by atoms with Crippen molar-refractivity contribution in [3.63, 3.8) is 0 Å². The number of anilines is 1. The van der Waals surface area contributed by atoms with Crippen LogP contribution in [0.15, 0.2) is 22.7 Å². The molecule has 2 unspecified atom stereocenters. The highest BCUT2D eigenvalue weighted by molar-refractivity contribution is 9.10. The zero-order chi connectivity index (χ0) is 14.5. The Morgan fingerprint density at radius 2 is 2.20 bits per heavy atom. The van der Waals surface area contributed by atoms with E-state index in [-0.39, 0.29) is 17.7 Å². The summed E-state index contributed by atoms with van der Waals surface area (Å²) in [5, 5.41) is 12.0. The molecule has 1 aromatic rings. The van der Waals surface area contributed by atoms with Gasteiger partial charge in [-0.1, -0.05) is 28.8 Å². The van der Waals surface area contributed by atoms with E-state index in [4.69, 9.17) is 11.0 Å². The van der Waals surface area contributed by atoms with Crippen molar-refractivity contribution in [3.8, 4) is 6.07 Å². The Morgan fingerprint density at radius 1 is 1.45 bits per heavy atom. The molecule has 1 aliphatic rings. The lowest BCUT2D eigenvalue weighted by atomic mass is 9.78. The Balaban J connectivity index is 2.13. The van der Waals surface area contributed by atoms with Crippen LogP contribution < -0.4 is 11.1 Å². The summed E-state index contributed by atoms with van der Waals surface area (Å²) >= 11 is 3.32. The van der Waals surface area contributed by atoms with Crippen molar-refractivity contribution in [2.24, 2.45) is 17.6 Å². The van der Waals surface area contributed by atoms with Crippen molar-refractivity contribution in [1.82, 2.24) is 0 Å². The Morgan fingerprint density at radius 3 is 2.90 bits per heavy atom. The van der Waals surface area contributed by atoms with Gasteiger partial charge in [0, 0.05) is 10.4 Å². The molecule has 2 rings (SSSR count). The summed E-state index contributed by atoms with van der Waals surface area (Å²) in [4.78, 5) is 12.4. The van der Waals surface area contributed by atoms with E-state index in [0.29, 0.717) is 17.8 Å². The molecular formula is C15H18BrN3O. The van der Waals surface area contributed by atoms with E-state index in [1.165, 1.54) is 0 Å². The largest absolute Gasteiger partial charge is 0.330 e. The van der Waals surface area contributed by atoms with Crippen LogP contribution in [0.4, 0.5) is 5.69 Å². The SMILES string of the molecule is N#Cc1cc(Br)ccc1NC(=O)C1CCCCC1CN. The van der Waals surface area contributed by atoms with Gasteiger partial charge in [0.05, 0.1) is 11.3 Å². The maximum atomic E-state index is 12.4. The average Bonchev–Trinajstić information content (AvgIpc) is 2.48. The molecular weight excluding hydrogens is 318 g/mol. The molecule has 1 fully saturated rings. The van der Waals surface area contributed by atoms with E-state index in [0.717, 1.165) is 30.2 Å². The Bertz CT molecular complexity index is 538. The van der Waals surface area contributed by atoms with Crippen LogP contribution in [0.3, 0.4) is 0 Å². The Kier molecular flexibility index (Phi) is 5.16. The first-order valence-corrected chi connectivity index (χ1v) is 7.65. The molecule has 0 aromatic heterocycles. The molecule has 4 nitrogen and oxygen atoms in total. The molecule has 0 aliphatic heterocycles. The highest BCUT2D eigenvalue weighted by atomic mass is 79.9. The van der Waals surface area contributed by atoms with Gasteiger partial charge in [-0.05, 0) is 43.5 Å². The number of halogens is 1. The first-order valence-electron chi connectivity index (χ1n) is 6.86. The van der Waals surface area contributed by atoms with Crippen LogP contribution in [0.25, 0.3) is 0 Å². The zero-order valence-corrected chi connectivity index (χ0v) is 12.8. The van der Waals surface area contributed by atoms with Gasteiger partial charge < -0.3 is 11.1 Å². The zero-order valence-electron chi connectivity index (χ0n) is 11.2. The number of nitrogens with two attached hydrogens (primary N) is 1. The third-order valence-corrected chi connectivity index (χ3v) is 4.40. The summed E-state index contributed by atoms with van der Waals surface area (Å²) < 4.78 is 0.824. The standard InChI is InChI=1S/C15H18BrN3O/c16-12-5-6-14(11(7-12)9-18)19-15(20)13-4-2-1-3-10(13)8-17/h5-7,10,13H,1-4,8,17H2,(H,19,20). The van der Waals surface area contributed by atoms with Crippen molar-refractivity contribution in [2.45, 2.75) is 25.7 Å². The summed E-state index contributed by atoms with van der Waals surface area (Å²) in [5.41, 5.74) is 6.80. The van der Waals surface area contributed by atoms with Crippen LogP contribution in [-0.2, 0) is 4.79 Å². The van der Waals surface area contributed by atoms with Crippen molar-refractivity contribution in [2.75, 3.05) is 11.9 Å². The minimum atomic E-state index is -0.0380. The molecule has 106 valence electrons. The summed E-state index contributed by atoms with van der Waals surface area (Å²) in [6.07, 6.45) is 4.11. The van der Waals surface area contributed by atoms with Crippen molar-refractivity contribution < 1.29 is 4.79 Å². The molecule has 1 aliphatic carbocycles. The number of nitrogens with one attached hydrogen (secondary N) is 1. The highest BCUT2D eigenvalue weighted by Gasteiger charge is 2.30. The van der Waals surface area contributed by atoms with E-state index in [1.807, 2.05) is 6.07 Å². The second kappa shape index (κ2) is 6.87. The van der Waals surface area contributed by atoms with Crippen molar-refractivity contribution >= 4 is 27.5 Å². The number of amides is 1. The first-order chi connectivity index (χ1) is 9.65. The predicted molar refractivity (Wildman–Crippen MR) is 82.0 cm³/mol. The van der Waals surface area contributed by atoms with Gasteiger partial charge in [-0.15, -0.1) is 0 Å². The van der Waals surface area contributed by atoms with Gasteiger partial charge in [0.2, 0.25) is 5.91 Å². The van der Waals surface area contributed by atoms with Crippen molar-refractivity contribution in [1.29, 1.82) is 5.26 Å². The molecule has 0 heterocycles. The molecule has 2 atom stereocenters. The van der Waals surface area contributed by atoms with Crippen LogP contribution in [0.2, 0.25) is 0 Å². The quantitative estimate of drug-likeness (QED) is 0.890. The average molecular weight is 336 g/mol. The molecule has 3 N–H and O–H groups in total. The molecule has 5 heteroatoms. The normalized spacial score (nSPS) is 22.1. The molecule has 1 saturated carbocycles. The topological polar surface area (TPSA) is 78.9 Å². The fourth-order valence-corrected chi connectivity index (χ4v) is 3.14. The first kappa shape index (κ1) is 15.0. The molecule has 1 aromatic carbocycles. The number of carbonyl (C=O) groups is 1. The van der Waals surface area contributed by atoms with Crippen LogP contribution in [0.1, 0.15) is 31.2 Å². The van der Waals surface area contributed by atoms with Gasteiger partial charge >= 0.3 is 0 Å². The second-order valence-corrected chi connectivity index (χ2v) is 6.09. The van der Waals surface area contributed by atoms with E-state index in [1.54, 1.807) is 12.1 Å². The minimum Gasteiger partial charge on any atom is -0.330 e. The molecule has 0 bridgehead atoms. The maximum absolute atomic E-state index is 12.4. The number of carbonyl (C=O) groups excluding carboxylic acids is 1. The highest BCUT2D eigenvalue weighted by Crippen LogP contribution is 2.31. The lowest BCUT2D eigenvalue weighted by Gasteiger charge is -2.29. The predicted octanol–water partition coefficient (Wildman–Crippen LogP) is 3.02. The summed E-state index contributed by atoms with van der Waals surface area (Å²) in [6.45, 7) is 0.545. The second-order valence-electron chi connectivity index (χ2n) is 5.18. The van der Waals surface area contributed by atoms with Crippen LogP contribution in [0, 0.1) is 23.2 Å². The van der Waals surface area contributed by atoms with E-state index < -0.39 is 0 Å². The van der Waals surface area contributed by atoms with Gasteiger partial charge in [0.15, 0.2) is 0 Å². The smallest absolute Gasteiger partial charge is 0.227 e. The number of hydrogen-bond acceptors (Lipinski definition) is 3. The Hall–Kier alpha value is -1.38. The number of nitrogens with zero attached hydrogens (tertiary/aromatic N) is 1. The van der Waals surface area contributed by atoms with E-state index in [9.17, 15) is 4.79 Å². The Labute approximate surface area is 127 Å². The van der Waals surface area contributed by atoms with Gasteiger partial charge in [-0.2, -0.15) is 5.26 Å². The number of hydrogen-bond donors (Lipinski definition) is 2. The molecule has 0 spiro atoms. The monoisotopic (exact) mass is 335 g/mol. The molecule has 1 amide bonds. The lowest BCUT2D eigenvalue weighted by Crippen LogP contribution is -2.35. The molecule has 20 heavy (non-hydrogen) atoms. The number of rotatable bonds is 3. The third-order valence-electron chi connectivity index (χ3n) is 3.91. The minimum absolute atomic E-state index is 0.0148. The lowest BCUT2D eigenvalue weighted by molar-refractivity contribution is -0.122. The van der Waals surface area contributed by atoms with Gasteiger partial charge in [-0.3, -0.25) is 4.79 Å². The van der Waals surface area contributed by atoms with Crippen LogP contribution in [-0.4, -0.2) is 12.5 Å². The molecule has 0 saturated heterocycles. The summed E-state index contributed by atoms with van der Waals surface area (Å²) in [6, 6.07) is 7.37. The fourth-order valence-electron chi connectivity index (χ4n) is 2.78.